The molecule has 0 fully saturated rings. The van der Waals surface area contributed by atoms with Gasteiger partial charge < -0.3 is 16.1 Å². The molecule has 0 saturated carbocycles. The van der Waals surface area contributed by atoms with Crippen LogP contribution in [0.25, 0.3) is 0 Å². The van der Waals surface area contributed by atoms with Gasteiger partial charge >= 0.3 is 37.4 Å². The fourth-order valence-electron chi connectivity index (χ4n) is 0. The summed E-state index contributed by atoms with van der Waals surface area (Å²) in [6.45, 7) is 0. The van der Waals surface area contributed by atoms with Crippen LogP contribution in [0.5, 0.6) is 0 Å². The van der Waals surface area contributed by atoms with E-state index in [9.17, 15) is 0 Å². The molecule has 7 heteroatoms. The quantitative estimate of drug-likeness (QED) is 0.254. The van der Waals surface area contributed by atoms with E-state index < -0.39 is 7.82 Å². The van der Waals surface area contributed by atoms with Crippen molar-refractivity contribution in [1.29, 1.82) is 0 Å². The van der Waals surface area contributed by atoms with Crippen molar-refractivity contribution in [2.75, 3.05) is 0 Å². The molecule has 42 valence electrons. The molecular formula is H5ClNaO4P. The van der Waals surface area contributed by atoms with Crippen molar-refractivity contribution < 1.29 is 50.2 Å². The summed E-state index contributed by atoms with van der Waals surface area (Å²) in [5.41, 5.74) is 0. The molecule has 0 aliphatic heterocycles. The van der Waals surface area contributed by atoms with Gasteiger partial charge in [0.2, 0.25) is 0 Å². The van der Waals surface area contributed by atoms with E-state index in [2.05, 4.69) is 0 Å². The van der Waals surface area contributed by atoms with Crippen LogP contribution < -0.4 is 29.6 Å². The summed E-state index contributed by atoms with van der Waals surface area (Å²) in [6, 6.07) is 0. The molecule has 0 rings (SSSR count). The molecular weight excluding hydrogens is 153 g/mol. The van der Waals surface area contributed by atoms with Gasteiger partial charge in [0.15, 0.2) is 0 Å². The Morgan fingerprint density at radius 3 is 1.29 bits per heavy atom. The van der Waals surface area contributed by atoms with Crippen LogP contribution in [0.2, 0.25) is 0 Å². The molecule has 0 aromatic carbocycles. The first kappa shape index (κ1) is 15.8. The number of hydrogen-bond acceptors (Lipinski definition) is 1. The zero-order valence-electron chi connectivity index (χ0n) is 4.61. The van der Waals surface area contributed by atoms with E-state index in [0.717, 1.165) is 0 Å². The molecule has 4 nitrogen and oxygen atoms in total. The summed E-state index contributed by atoms with van der Waals surface area (Å²) in [5, 5.41) is 0. The minimum absolute atomic E-state index is 0. The second-order valence-electron chi connectivity index (χ2n) is 0.513. The molecule has 3 N–H and O–H groups in total. The zero-order chi connectivity index (χ0) is 4.50. The van der Waals surface area contributed by atoms with Gasteiger partial charge in [-0.05, 0) is 0 Å². The van der Waals surface area contributed by atoms with E-state index in [1.54, 1.807) is 0 Å². The molecule has 0 amide bonds. The molecule has 0 atom stereocenters. The Balaban J connectivity index is -0.0000000267. The molecule has 0 unspecified atom stereocenters. The van der Waals surface area contributed by atoms with E-state index in [0.29, 0.717) is 0 Å². The van der Waals surface area contributed by atoms with Crippen LogP contribution >= 0.6 is 20.2 Å². The summed E-state index contributed by atoms with van der Waals surface area (Å²) in [4.78, 5) is 21.6. The third-order valence-corrected chi connectivity index (χ3v) is 0. The van der Waals surface area contributed by atoms with E-state index in [-0.39, 0.29) is 43.4 Å². The van der Waals surface area contributed by atoms with Crippen molar-refractivity contribution in [3.8, 4) is 0 Å². The number of rotatable bonds is 0. The zero-order valence-corrected chi connectivity index (χ0v) is 7.32. The first-order valence-electron chi connectivity index (χ1n) is 0.783. The van der Waals surface area contributed by atoms with Crippen LogP contribution in [0.1, 0.15) is 1.43 Å². The fourth-order valence-corrected chi connectivity index (χ4v) is 0. The standard InChI is InChI=1S/ClH.Na.H3O4P.H/c;;1-5(2,3)4;/h1H;;(H3,1,2,3,4);/q;+1;;-1. The monoisotopic (exact) mass is 158 g/mol. The summed E-state index contributed by atoms with van der Waals surface area (Å²) in [7, 11) is -4.64. The normalized spacial score (nSPS) is 8.43. The van der Waals surface area contributed by atoms with Crippen molar-refractivity contribution in [3.05, 3.63) is 0 Å². The molecule has 7 heavy (non-hydrogen) atoms. The van der Waals surface area contributed by atoms with Crippen molar-refractivity contribution in [2.45, 2.75) is 0 Å². The Morgan fingerprint density at radius 2 is 1.29 bits per heavy atom. The van der Waals surface area contributed by atoms with Gasteiger partial charge in [-0.25, -0.2) is 4.57 Å². The van der Waals surface area contributed by atoms with Gasteiger partial charge in [-0.3, -0.25) is 0 Å². The smallest absolute Gasteiger partial charge is 1.00 e. The van der Waals surface area contributed by atoms with Crippen molar-refractivity contribution in [1.82, 2.24) is 0 Å². The van der Waals surface area contributed by atoms with Gasteiger partial charge in [-0.15, -0.1) is 12.4 Å². The minimum atomic E-state index is -4.64. The predicted molar refractivity (Wildman–Crippen MR) is 22.6 cm³/mol. The first-order chi connectivity index (χ1) is 2.00. The second-order valence-corrected chi connectivity index (χ2v) is 1.54. The maximum Gasteiger partial charge on any atom is 1.00 e. The number of halogens is 1. The summed E-state index contributed by atoms with van der Waals surface area (Å²) in [6.07, 6.45) is 0. The summed E-state index contributed by atoms with van der Waals surface area (Å²) >= 11 is 0. The maximum atomic E-state index is 8.88. The molecule has 0 aliphatic rings. The van der Waals surface area contributed by atoms with Crippen molar-refractivity contribution in [3.63, 3.8) is 0 Å². The van der Waals surface area contributed by atoms with Crippen LogP contribution in [0, 0.1) is 0 Å². The number of phosphoric acid groups is 1. The second kappa shape index (κ2) is 5.54. The van der Waals surface area contributed by atoms with Crippen LogP contribution in [0.4, 0.5) is 0 Å². The van der Waals surface area contributed by atoms with Crippen molar-refractivity contribution in [2.24, 2.45) is 0 Å². The Bertz CT molecular complexity index is 62.2. The number of hydrogen-bond donors (Lipinski definition) is 3. The molecule has 0 spiro atoms. The minimum Gasteiger partial charge on any atom is -1.00 e. The average molecular weight is 158 g/mol. The van der Waals surface area contributed by atoms with Crippen LogP contribution in [0.15, 0.2) is 0 Å². The van der Waals surface area contributed by atoms with Gasteiger partial charge in [0.05, 0.1) is 0 Å². The van der Waals surface area contributed by atoms with E-state index in [1.165, 1.54) is 0 Å². The van der Waals surface area contributed by atoms with E-state index in [4.69, 9.17) is 19.2 Å². The molecule has 0 bridgehead atoms. The van der Waals surface area contributed by atoms with Gasteiger partial charge in [-0.2, -0.15) is 0 Å². The summed E-state index contributed by atoms with van der Waals surface area (Å²) < 4.78 is 8.88. The SMILES string of the molecule is Cl.O=P(O)(O)O.[H-].[Na+]. The maximum absolute atomic E-state index is 8.88. The molecule has 0 saturated heterocycles. The Hall–Kier alpha value is 1.40. The Labute approximate surface area is 70.4 Å². The largest absolute Gasteiger partial charge is 1.00 e. The third kappa shape index (κ3) is 110. The van der Waals surface area contributed by atoms with Gasteiger partial charge in [-0.1, -0.05) is 0 Å². The van der Waals surface area contributed by atoms with Crippen molar-refractivity contribution >= 4 is 20.2 Å². The Kier molecular flexibility index (Phi) is 12.5. The first-order valence-corrected chi connectivity index (χ1v) is 2.35. The van der Waals surface area contributed by atoms with Gasteiger partial charge in [0.1, 0.15) is 0 Å². The molecule has 0 radical (unpaired) electrons. The van der Waals surface area contributed by atoms with Gasteiger partial charge in [0.25, 0.3) is 0 Å². The topological polar surface area (TPSA) is 77.8 Å². The average Bonchev–Trinajstić information content (AvgIpc) is 0.722. The van der Waals surface area contributed by atoms with E-state index >= 15 is 0 Å². The molecule has 0 heterocycles. The third-order valence-electron chi connectivity index (χ3n) is 0. The van der Waals surface area contributed by atoms with Crippen LogP contribution in [-0.4, -0.2) is 14.7 Å². The molecule has 0 aliphatic carbocycles. The predicted octanol–water partition coefficient (Wildman–Crippen LogP) is -3.39. The molecule has 0 aromatic heterocycles. The molecule has 0 aromatic rings. The Morgan fingerprint density at radius 1 is 1.29 bits per heavy atom. The van der Waals surface area contributed by atoms with Gasteiger partial charge in [0, 0.05) is 0 Å². The van der Waals surface area contributed by atoms with Crippen LogP contribution in [0.3, 0.4) is 0 Å². The van der Waals surface area contributed by atoms with E-state index in [1.807, 2.05) is 0 Å². The fraction of sp³-hybridized carbons (Fsp3) is 0. The summed E-state index contributed by atoms with van der Waals surface area (Å²) in [5.74, 6) is 0. The van der Waals surface area contributed by atoms with Crippen LogP contribution in [-0.2, 0) is 4.57 Å².